The topological polar surface area (TPSA) is 81.3 Å². The zero-order valence-electron chi connectivity index (χ0n) is 22.7. The highest BCUT2D eigenvalue weighted by molar-refractivity contribution is 5.97. The van der Waals surface area contributed by atoms with Crippen molar-refractivity contribution in [3.8, 4) is 0 Å². The minimum absolute atomic E-state index is 0.0714. The molecule has 0 saturated carbocycles. The Bertz CT molecular complexity index is 1660. The monoisotopic (exact) mass is 535 g/mol. The molecule has 2 fully saturated rings. The van der Waals surface area contributed by atoms with E-state index in [9.17, 15) is 4.79 Å². The number of hydrogen-bond acceptors (Lipinski definition) is 7. The van der Waals surface area contributed by atoms with Crippen LogP contribution in [0.25, 0.3) is 22.2 Å². The van der Waals surface area contributed by atoms with Crippen molar-refractivity contribution in [1.82, 2.24) is 29.0 Å². The van der Waals surface area contributed by atoms with Gasteiger partial charge in [-0.05, 0) is 49.2 Å². The molecular formula is C31H33N7O2. The maximum absolute atomic E-state index is 12.0. The summed E-state index contributed by atoms with van der Waals surface area (Å²) in [5.74, 6) is 2.10. The lowest BCUT2D eigenvalue weighted by Gasteiger charge is -2.35. The smallest absolute Gasteiger partial charge is 0.162 e. The molecule has 5 heterocycles. The Kier molecular flexibility index (Phi) is 6.53. The molecule has 1 atom stereocenters. The van der Waals surface area contributed by atoms with E-state index in [1.165, 1.54) is 5.56 Å². The number of imidazole rings is 2. The average molecular weight is 536 g/mol. The van der Waals surface area contributed by atoms with Crippen molar-refractivity contribution in [3.05, 3.63) is 83.9 Å². The van der Waals surface area contributed by atoms with Crippen LogP contribution in [-0.4, -0.2) is 73.7 Å². The van der Waals surface area contributed by atoms with Crippen LogP contribution in [0.2, 0.25) is 0 Å². The van der Waals surface area contributed by atoms with Crippen LogP contribution in [0, 0.1) is 0 Å². The average Bonchev–Trinajstić information content (AvgIpc) is 3.51. The van der Waals surface area contributed by atoms with E-state index in [0.717, 1.165) is 98.2 Å². The molecular weight excluding hydrogens is 502 g/mol. The fraction of sp³-hybridized carbons (Fsp3) is 0.355. The van der Waals surface area contributed by atoms with E-state index in [-0.39, 0.29) is 11.9 Å². The van der Waals surface area contributed by atoms with Crippen LogP contribution in [0.5, 0.6) is 0 Å². The number of pyridine rings is 1. The molecule has 9 heteroatoms. The van der Waals surface area contributed by atoms with Crippen molar-refractivity contribution < 1.29 is 9.53 Å². The Hall–Kier alpha value is -4.08. The van der Waals surface area contributed by atoms with Gasteiger partial charge in [0.2, 0.25) is 0 Å². The van der Waals surface area contributed by atoms with Gasteiger partial charge in [0.05, 0.1) is 43.1 Å². The third kappa shape index (κ3) is 4.87. The highest BCUT2D eigenvalue weighted by atomic mass is 16.5. The normalized spacial score (nSPS) is 17.9. The number of anilines is 1. The third-order valence-electron chi connectivity index (χ3n) is 8.12. The number of hydrogen-bond donors (Lipinski definition) is 0. The third-order valence-corrected chi connectivity index (χ3v) is 8.12. The maximum atomic E-state index is 12.0. The Labute approximate surface area is 233 Å². The zero-order chi connectivity index (χ0) is 27.1. The molecule has 204 valence electrons. The number of carbonyl (C=O) groups excluding carboxylic acids is 1. The number of piperazine rings is 1. The molecule has 5 aromatic rings. The van der Waals surface area contributed by atoms with Gasteiger partial charge in [0, 0.05) is 38.3 Å². The first kappa shape index (κ1) is 24.9. The van der Waals surface area contributed by atoms with Gasteiger partial charge in [0.1, 0.15) is 17.2 Å². The molecule has 0 N–H and O–H groups in total. The molecule has 7 rings (SSSR count). The Balaban J connectivity index is 1.07. The Morgan fingerprint density at radius 2 is 1.75 bits per heavy atom. The SMILES string of the molecule is CC(=O)c1ccc2nc(CN3CCN(c4ccc5ncn(Cc6ccccc6)c5n4)CC3)n(C[C@@H]3CCO3)c2c1. The van der Waals surface area contributed by atoms with Gasteiger partial charge >= 0.3 is 0 Å². The van der Waals surface area contributed by atoms with Crippen molar-refractivity contribution in [2.45, 2.75) is 39.1 Å². The molecule has 2 aromatic carbocycles. The molecule has 0 bridgehead atoms. The van der Waals surface area contributed by atoms with Gasteiger partial charge in [-0.1, -0.05) is 30.3 Å². The summed E-state index contributed by atoms with van der Waals surface area (Å²) in [6.07, 6.45) is 3.16. The summed E-state index contributed by atoms with van der Waals surface area (Å²) in [6, 6.07) is 20.4. The van der Waals surface area contributed by atoms with Crippen molar-refractivity contribution in [1.29, 1.82) is 0 Å². The van der Waals surface area contributed by atoms with Crippen LogP contribution in [0.4, 0.5) is 5.82 Å². The number of benzene rings is 2. The number of nitrogens with zero attached hydrogens (tertiary/aromatic N) is 7. The molecule has 2 aliphatic heterocycles. The second-order valence-electron chi connectivity index (χ2n) is 10.8. The van der Waals surface area contributed by atoms with Crippen LogP contribution in [0.15, 0.2) is 67.0 Å². The van der Waals surface area contributed by atoms with E-state index < -0.39 is 0 Å². The zero-order valence-corrected chi connectivity index (χ0v) is 22.7. The van der Waals surface area contributed by atoms with Crippen molar-refractivity contribution in [3.63, 3.8) is 0 Å². The van der Waals surface area contributed by atoms with E-state index in [1.807, 2.05) is 30.6 Å². The second-order valence-corrected chi connectivity index (χ2v) is 10.8. The first-order chi connectivity index (χ1) is 19.6. The molecule has 0 spiro atoms. The van der Waals surface area contributed by atoms with Gasteiger partial charge in [-0.2, -0.15) is 0 Å². The molecule has 0 unspecified atom stereocenters. The fourth-order valence-electron chi connectivity index (χ4n) is 5.68. The highest BCUT2D eigenvalue weighted by Gasteiger charge is 2.25. The van der Waals surface area contributed by atoms with Crippen LogP contribution in [-0.2, 0) is 24.4 Å². The largest absolute Gasteiger partial charge is 0.376 e. The van der Waals surface area contributed by atoms with E-state index >= 15 is 0 Å². The van der Waals surface area contributed by atoms with Crippen molar-refractivity contribution in [2.75, 3.05) is 37.7 Å². The Morgan fingerprint density at radius 1 is 0.950 bits per heavy atom. The number of carbonyl (C=O) groups is 1. The molecule has 0 radical (unpaired) electrons. The lowest BCUT2D eigenvalue weighted by atomic mass is 10.1. The Morgan fingerprint density at radius 3 is 2.50 bits per heavy atom. The summed E-state index contributed by atoms with van der Waals surface area (Å²) >= 11 is 0. The first-order valence-electron chi connectivity index (χ1n) is 14.1. The van der Waals surface area contributed by atoms with Crippen LogP contribution in [0.1, 0.15) is 35.1 Å². The number of rotatable bonds is 8. The van der Waals surface area contributed by atoms with E-state index in [1.54, 1.807) is 6.92 Å². The summed E-state index contributed by atoms with van der Waals surface area (Å²) in [6.45, 7) is 8.35. The second kappa shape index (κ2) is 10.5. The minimum Gasteiger partial charge on any atom is -0.376 e. The van der Waals surface area contributed by atoms with Crippen molar-refractivity contribution >= 4 is 33.8 Å². The van der Waals surface area contributed by atoms with Crippen molar-refractivity contribution in [2.24, 2.45) is 0 Å². The molecule has 0 amide bonds. The quantitative estimate of drug-likeness (QED) is 0.276. The highest BCUT2D eigenvalue weighted by Crippen LogP contribution is 2.25. The number of ketones is 1. The van der Waals surface area contributed by atoms with E-state index in [2.05, 4.69) is 60.3 Å². The first-order valence-corrected chi connectivity index (χ1v) is 14.1. The number of Topliss-reactive ketones (excluding diaryl/α,β-unsaturated/α-hetero) is 1. The molecule has 2 saturated heterocycles. The van der Waals surface area contributed by atoms with Crippen LogP contribution in [0.3, 0.4) is 0 Å². The molecule has 40 heavy (non-hydrogen) atoms. The summed E-state index contributed by atoms with van der Waals surface area (Å²) in [5, 5.41) is 0. The van der Waals surface area contributed by atoms with Gasteiger partial charge < -0.3 is 18.8 Å². The molecule has 0 aliphatic carbocycles. The summed E-state index contributed by atoms with van der Waals surface area (Å²) in [4.78, 5) is 31.4. The summed E-state index contributed by atoms with van der Waals surface area (Å²) in [5.41, 5.74) is 5.73. The van der Waals surface area contributed by atoms with Gasteiger partial charge in [-0.15, -0.1) is 0 Å². The van der Waals surface area contributed by atoms with Gasteiger partial charge in [0.15, 0.2) is 11.4 Å². The molecule has 9 nitrogen and oxygen atoms in total. The lowest BCUT2D eigenvalue weighted by molar-refractivity contribution is -0.0592. The summed E-state index contributed by atoms with van der Waals surface area (Å²) < 4.78 is 10.1. The van der Waals surface area contributed by atoms with E-state index in [4.69, 9.17) is 14.7 Å². The predicted molar refractivity (Wildman–Crippen MR) is 155 cm³/mol. The number of aromatic nitrogens is 5. The predicted octanol–water partition coefficient (Wildman–Crippen LogP) is 4.14. The fourth-order valence-corrected chi connectivity index (χ4v) is 5.68. The van der Waals surface area contributed by atoms with Gasteiger partial charge in [-0.25, -0.2) is 15.0 Å². The molecule has 2 aliphatic rings. The minimum atomic E-state index is 0.0714. The molecule has 3 aromatic heterocycles. The number of fused-ring (bicyclic) bond motifs is 2. The van der Waals surface area contributed by atoms with Crippen LogP contribution < -0.4 is 4.90 Å². The van der Waals surface area contributed by atoms with Gasteiger partial charge in [-0.3, -0.25) is 9.69 Å². The van der Waals surface area contributed by atoms with E-state index in [0.29, 0.717) is 0 Å². The van der Waals surface area contributed by atoms with Gasteiger partial charge in [0.25, 0.3) is 0 Å². The lowest BCUT2D eigenvalue weighted by Crippen LogP contribution is -2.46. The maximum Gasteiger partial charge on any atom is 0.162 e. The van der Waals surface area contributed by atoms with Crippen LogP contribution >= 0.6 is 0 Å². The summed E-state index contributed by atoms with van der Waals surface area (Å²) in [7, 11) is 0. The standard InChI is InChI=1S/C31H33N7O2/c1-22(39)24-7-8-26-28(17-24)38(19-25-11-16-40-25)30(33-26)20-35-12-14-36(15-13-35)29-10-9-27-31(34-29)37(21-32-27)18-23-5-3-2-4-6-23/h2-10,17,21,25H,11-16,18-20H2,1H3/t25-/m0/s1. The number of ether oxygens (including phenoxy) is 1.